The van der Waals surface area contributed by atoms with Gasteiger partial charge in [-0.1, -0.05) is 23.2 Å². The van der Waals surface area contributed by atoms with Gasteiger partial charge in [0.25, 0.3) is 5.91 Å². The van der Waals surface area contributed by atoms with Gasteiger partial charge in [-0.2, -0.15) is 0 Å². The summed E-state index contributed by atoms with van der Waals surface area (Å²) >= 11 is 11.8. The van der Waals surface area contributed by atoms with E-state index in [1.54, 1.807) is 0 Å². The number of carbonyl (C=O) groups is 2. The molecule has 0 bridgehead atoms. The zero-order chi connectivity index (χ0) is 14.7. The smallest absolute Gasteiger partial charge is 0.339 e. The van der Waals surface area contributed by atoms with Crippen LogP contribution in [0.3, 0.4) is 0 Å². The van der Waals surface area contributed by atoms with E-state index in [-0.39, 0.29) is 21.3 Å². The van der Waals surface area contributed by atoms with Crippen molar-refractivity contribution in [2.75, 3.05) is 5.32 Å². The quantitative estimate of drug-likeness (QED) is 0.911. The van der Waals surface area contributed by atoms with Crippen LogP contribution in [0.5, 0.6) is 0 Å². The number of halogens is 2. The third kappa shape index (κ3) is 2.89. The Labute approximate surface area is 124 Å². The Morgan fingerprint density at radius 2 is 1.65 bits per heavy atom. The molecule has 0 atom stereocenters. The zero-order valence-corrected chi connectivity index (χ0v) is 11.4. The number of rotatable bonds is 3. The molecule has 7 heteroatoms. The molecule has 2 rings (SSSR count). The molecule has 0 spiro atoms. The van der Waals surface area contributed by atoms with Crippen molar-refractivity contribution in [2.45, 2.75) is 0 Å². The summed E-state index contributed by atoms with van der Waals surface area (Å²) in [4.78, 5) is 27.0. The number of aromatic nitrogens is 1. The minimum atomic E-state index is -1.28. The number of carbonyl (C=O) groups excluding carboxylic acids is 1. The summed E-state index contributed by atoms with van der Waals surface area (Å²) < 4.78 is 0. The lowest BCUT2D eigenvalue weighted by molar-refractivity contribution is 0.0698. The number of nitrogens with one attached hydrogen (secondary N) is 1. The normalized spacial score (nSPS) is 10.1. The fourth-order valence-electron chi connectivity index (χ4n) is 1.57. The number of hydrogen-bond acceptors (Lipinski definition) is 3. The number of hydrogen-bond donors (Lipinski definition) is 2. The molecule has 102 valence electrons. The second-order valence-electron chi connectivity index (χ2n) is 3.77. The SMILES string of the molecule is O=C(Nc1c(Cl)ccc(Cl)c1C(=O)O)c1ccncc1. The van der Waals surface area contributed by atoms with Crippen LogP contribution in [0.15, 0.2) is 36.7 Å². The largest absolute Gasteiger partial charge is 0.478 e. The molecule has 0 fully saturated rings. The molecule has 0 radical (unpaired) electrons. The summed E-state index contributed by atoms with van der Waals surface area (Å²) in [6.07, 6.45) is 2.90. The summed E-state index contributed by atoms with van der Waals surface area (Å²) in [5, 5.41) is 11.7. The van der Waals surface area contributed by atoms with Crippen molar-refractivity contribution < 1.29 is 14.7 Å². The highest BCUT2D eigenvalue weighted by atomic mass is 35.5. The van der Waals surface area contributed by atoms with Gasteiger partial charge in [-0.3, -0.25) is 9.78 Å². The van der Waals surface area contributed by atoms with Crippen LogP contribution in [0.4, 0.5) is 5.69 Å². The minimum absolute atomic E-state index is 0.00747. The van der Waals surface area contributed by atoms with Crippen LogP contribution >= 0.6 is 23.2 Å². The van der Waals surface area contributed by atoms with Gasteiger partial charge in [0.2, 0.25) is 0 Å². The zero-order valence-electron chi connectivity index (χ0n) is 9.93. The van der Waals surface area contributed by atoms with Crippen molar-refractivity contribution in [1.29, 1.82) is 0 Å². The second kappa shape index (κ2) is 5.90. The maximum absolute atomic E-state index is 12.0. The van der Waals surface area contributed by atoms with Gasteiger partial charge in [0, 0.05) is 18.0 Å². The Morgan fingerprint density at radius 1 is 1.05 bits per heavy atom. The van der Waals surface area contributed by atoms with E-state index in [1.165, 1.54) is 36.7 Å². The summed E-state index contributed by atoms with van der Waals surface area (Å²) in [5.41, 5.74) is 0.0439. The van der Waals surface area contributed by atoms with Crippen molar-refractivity contribution in [3.8, 4) is 0 Å². The standard InChI is InChI=1S/C13H8Cl2N2O3/c14-8-1-2-9(15)11(10(8)13(19)20)17-12(18)7-3-5-16-6-4-7/h1-6H,(H,17,18)(H,19,20). The topological polar surface area (TPSA) is 79.3 Å². The van der Waals surface area contributed by atoms with E-state index in [0.29, 0.717) is 5.56 Å². The molecular formula is C13H8Cl2N2O3. The van der Waals surface area contributed by atoms with E-state index in [4.69, 9.17) is 28.3 Å². The highest BCUT2D eigenvalue weighted by Crippen LogP contribution is 2.32. The Balaban J connectivity index is 2.41. The van der Waals surface area contributed by atoms with Gasteiger partial charge in [0.05, 0.1) is 15.7 Å². The Kier molecular flexibility index (Phi) is 4.22. The number of amides is 1. The van der Waals surface area contributed by atoms with Crippen molar-refractivity contribution in [3.63, 3.8) is 0 Å². The Morgan fingerprint density at radius 3 is 2.25 bits per heavy atom. The third-order valence-corrected chi connectivity index (χ3v) is 3.13. The first-order valence-corrected chi connectivity index (χ1v) is 6.19. The molecule has 0 aliphatic carbocycles. The second-order valence-corrected chi connectivity index (χ2v) is 4.59. The van der Waals surface area contributed by atoms with Crippen LogP contribution in [0.2, 0.25) is 10.0 Å². The molecule has 0 saturated heterocycles. The number of pyridine rings is 1. The van der Waals surface area contributed by atoms with Crippen molar-refractivity contribution in [2.24, 2.45) is 0 Å². The number of benzene rings is 1. The lowest BCUT2D eigenvalue weighted by Gasteiger charge is -2.11. The molecule has 5 nitrogen and oxygen atoms in total. The van der Waals surface area contributed by atoms with Gasteiger partial charge in [0.1, 0.15) is 5.56 Å². The predicted octanol–water partition coefficient (Wildman–Crippen LogP) is 3.34. The Hall–Kier alpha value is -2.11. The number of anilines is 1. The maximum Gasteiger partial charge on any atom is 0.339 e. The summed E-state index contributed by atoms with van der Waals surface area (Å²) in [5.74, 6) is -1.78. The first-order valence-electron chi connectivity index (χ1n) is 5.43. The van der Waals surface area contributed by atoms with Crippen LogP contribution in [0.25, 0.3) is 0 Å². The van der Waals surface area contributed by atoms with Crippen LogP contribution in [0.1, 0.15) is 20.7 Å². The van der Waals surface area contributed by atoms with E-state index < -0.39 is 11.9 Å². The molecule has 2 N–H and O–H groups in total. The van der Waals surface area contributed by atoms with E-state index in [2.05, 4.69) is 10.3 Å². The van der Waals surface area contributed by atoms with Crippen molar-refractivity contribution in [3.05, 3.63) is 57.8 Å². The first-order chi connectivity index (χ1) is 9.50. The highest BCUT2D eigenvalue weighted by Gasteiger charge is 2.20. The third-order valence-electron chi connectivity index (χ3n) is 2.50. The lowest BCUT2D eigenvalue weighted by Crippen LogP contribution is -2.15. The molecule has 20 heavy (non-hydrogen) atoms. The number of carboxylic acid groups (broad SMARTS) is 1. The van der Waals surface area contributed by atoms with Crippen molar-refractivity contribution in [1.82, 2.24) is 4.98 Å². The number of carboxylic acids is 1. The first kappa shape index (κ1) is 14.3. The lowest BCUT2D eigenvalue weighted by atomic mass is 10.1. The van der Waals surface area contributed by atoms with Gasteiger partial charge < -0.3 is 10.4 Å². The fourth-order valence-corrected chi connectivity index (χ4v) is 2.02. The van der Waals surface area contributed by atoms with E-state index in [9.17, 15) is 9.59 Å². The average molecular weight is 311 g/mol. The molecule has 1 aromatic carbocycles. The molecule has 1 aromatic heterocycles. The molecule has 1 amide bonds. The summed E-state index contributed by atoms with van der Waals surface area (Å²) in [6.45, 7) is 0. The summed E-state index contributed by atoms with van der Waals surface area (Å²) in [7, 11) is 0. The average Bonchev–Trinajstić information content (AvgIpc) is 2.43. The fraction of sp³-hybridized carbons (Fsp3) is 0. The number of nitrogens with zero attached hydrogens (tertiary/aromatic N) is 1. The molecule has 1 heterocycles. The molecular weight excluding hydrogens is 303 g/mol. The Bertz CT molecular complexity index is 675. The molecule has 2 aromatic rings. The maximum atomic E-state index is 12.0. The molecule has 0 unspecified atom stereocenters. The van der Waals surface area contributed by atoms with Gasteiger partial charge in [-0.15, -0.1) is 0 Å². The summed E-state index contributed by atoms with van der Waals surface area (Å²) in [6, 6.07) is 5.76. The van der Waals surface area contributed by atoms with E-state index in [1.807, 2.05) is 0 Å². The molecule has 0 aliphatic rings. The van der Waals surface area contributed by atoms with Crippen LogP contribution < -0.4 is 5.32 Å². The highest BCUT2D eigenvalue weighted by molar-refractivity contribution is 6.38. The molecule has 0 saturated carbocycles. The van der Waals surface area contributed by atoms with Crippen LogP contribution in [-0.2, 0) is 0 Å². The van der Waals surface area contributed by atoms with Crippen molar-refractivity contribution >= 4 is 40.8 Å². The monoisotopic (exact) mass is 310 g/mol. The van der Waals surface area contributed by atoms with Crippen LogP contribution in [0, 0.1) is 0 Å². The van der Waals surface area contributed by atoms with Gasteiger partial charge >= 0.3 is 5.97 Å². The predicted molar refractivity (Wildman–Crippen MR) is 75.6 cm³/mol. The van der Waals surface area contributed by atoms with E-state index >= 15 is 0 Å². The van der Waals surface area contributed by atoms with Gasteiger partial charge in [-0.25, -0.2) is 4.79 Å². The molecule has 0 aliphatic heterocycles. The van der Waals surface area contributed by atoms with E-state index in [0.717, 1.165) is 0 Å². The minimum Gasteiger partial charge on any atom is -0.478 e. The van der Waals surface area contributed by atoms with Gasteiger partial charge in [-0.05, 0) is 24.3 Å². The van der Waals surface area contributed by atoms with Crippen LogP contribution in [-0.4, -0.2) is 22.0 Å². The number of aromatic carboxylic acids is 1. The van der Waals surface area contributed by atoms with Gasteiger partial charge in [0.15, 0.2) is 0 Å².